The first-order chi connectivity index (χ1) is 9.06. The minimum atomic E-state index is -0.700. The van der Waals surface area contributed by atoms with Crippen LogP contribution in [0.1, 0.15) is 10.4 Å². The van der Waals surface area contributed by atoms with Gasteiger partial charge in [-0.15, -0.1) is 11.3 Å². The van der Waals surface area contributed by atoms with Crippen LogP contribution in [0.2, 0.25) is 0 Å². The lowest BCUT2D eigenvalue weighted by atomic mass is 10.1. The van der Waals surface area contributed by atoms with Crippen molar-refractivity contribution in [2.75, 3.05) is 0 Å². The Labute approximate surface area is 121 Å². The number of amides is 1. The summed E-state index contributed by atoms with van der Waals surface area (Å²) in [7, 11) is 0. The van der Waals surface area contributed by atoms with Crippen LogP contribution < -0.4 is 5.32 Å². The Kier molecular flexibility index (Phi) is 4.66. The molecule has 19 heavy (non-hydrogen) atoms. The molecule has 0 saturated carbocycles. The lowest BCUT2D eigenvalue weighted by Crippen LogP contribution is -2.25. The minimum absolute atomic E-state index is 0.202. The van der Waals surface area contributed by atoms with Crippen molar-refractivity contribution in [2.24, 2.45) is 0 Å². The Hall–Kier alpha value is -1.27. The number of nitrogens with one attached hydrogen (secondary N) is 1. The van der Waals surface area contributed by atoms with Crippen LogP contribution in [0.25, 0.3) is 0 Å². The van der Waals surface area contributed by atoms with E-state index in [1.165, 1.54) is 17.4 Å². The summed E-state index contributed by atoms with van der Waals surface area (Å²) in [4.78, 5) is 12.6. The molecule has 2 aromatic rings. The van der Waals surface area contributed by atoms with E-state index < -0.39 is 17.5 Å². The molecule has 1 aromatic carbocycles. The third kappa shape index (κ3) is 3.84. The normalized spacial score (nSPS) is 10.5. The molecule has 1 aromatic heterocycles. The van der Waals surface area contributed by atoms with E-state index in [9.17, 15) is 13.6 Å². The molecule has 0 unspecified atom stereocenters. The van der Waals surface area contributed by atoms with Crippen LogP contribution in [0, 0.1) is 11.6 Å². The van der Waals surface area contributed by atoms with Crippen LogP contribution in [-0.2, 0) is 17.8 Å². The molecule has 0 spiro atoms. The molecule has 0 radical (unpaired) electrons. The Balaban J connectivity index is 1.94. The molecule has 0 saturated heterocycles. The highest BCUT2D eigenvalue weighted by atomic mass is 79.9. The van der Waals surface area contributed by atoms with Crippen LogP contribution in [-0.4, -0.2) is 5.91 Å². The van der Waals surface area contributed by atoms with Gasteiger partial charge in [-0.2, -0.15) is 0 Å². The SMILES string of the molecule is O=C(Cc1c(F)cccc1F)NCc1ccc(Br)s1. The molecule has 0 bridgehead atoms. The first kappa shape index (κ1) is 14.1. The van der Waals surface area contributed by atoms with Gasteiger partial charge in [0.2, 0.25) is 5.91 Å². The molecule has 1 heterocycles. The number of carbonyl (C=O) groups excluding carboxylic acids is 1. The largest absolute Gasteiger partial charge is 0.351 e. The van der Waals surface area contributed by atoms with E-state index in [1.54, 1.807) is 0 Å². The van der Waals surface area contributed by atoms with Gasteiger partial charge in [0.25, 0.3) is 0 Å². The van der Waals surface area contributed by atoms with Crippen molar-refractivity contribution in [1.29, 1.82) is 0 Å². The van der Waals surface area contributed by atoms with E-state index in [-0.39, 0.29) is 12.0 Å². The monoisotopic (exact) mass is 345 g/mol. The number of benzene rings is 1. The van der Waals surface area contributed by atoms with Crippen molar-refractivity contribution in [1.82, 2.24) is 5.32 Å². The Morgan fingerprint density at radius 3 is 2.47 bits per heavy atom. The first-order valence-electron chi connectivity index (χ1n) is 5.50. The van der Waals surface area contributed by atoms with E-state index in [0.29, 0.717) is 6.54 Å². The molecule has 0 aliphatic rings. The average molecular weight is 346 g/mol. The minimum Gasteiger partial charge on any atom is -0.351 e. The fraction of sp³-hybridized carbons (Fsp3) is 0.154. The van der Waals surface area contributed by atoms with Gasteiger partial charge in [0.1, 0.15) is 11.6 Å². The second-order valence-electron chi connectivity index (χ2n) is 3.86. The van der Waals surface area contributed by atoms with Crippen molar-refractivity contribution < 1.29 is 13.6 Å². The van der Waals surface area contributed by atoms with E-state index >= 15 is 0 Å². The molecule has 2 rings (SSSR count). The summed E-state index contributed by atoms with van der Waals surface area (Å²) >= 11 is 4.81. The van der Waals surface area contributed by atoms with Crippen LogP contribution in [0.15, 0.2) is 34.1 Å². The predicted octanol–water partition coefficient (Wildman–Crippen LogP) is 3.65. The van der Waals surface area contributed by atoms with Gasteiger partial charge in [-0.05, 0) is 40.2 Å². The Morgan fingerprint density at radius 1 is 1.21 bits per heavy atom. The summed E-state index contributed by atoms with van der Waals surface area (Å²) in [5.74, 6) is -1.81. The maximum atomic E-state index is 13.4. The van der Waals surface area contributed by atoms with Crippen LogP contribution in [0.3, 0.4) is 0 Å². The summed E-state index contributed by atoms with van der Waals surface area (Å²) in [5, 5.41) is 2.63. The van der Waals surface area contributed by atoms with Gasteiger partial charge in [0, 0.05) is 10.4 Å². The van der Waals surface area contributed by atoms with Crippen molar-refractivity contribution in [3.63, 3.8) is 0 Å². The van der Waals surface area contributed by atoms with Crippen molar-refractivity contribution >= 4 is 33.2 Å². The predicted molar refractivity (Wildman–Crippen MR) is 73.9 cm³/mol. The number of hydrogen-bond donors (Lipinski definition) is 1. The molecule has 0 aliphatic carbocycles. The van der Waals surface area contributed by atoms with Crippen LogP contribution >= 0.6 is 27.3 Å². The third-order valence-corrected chi connectivity index (χ3v) is 4.11. The Bertz CT molecular complexity index is 580. The van der Waals surface area contributed by atoms with Gasteiger partial charge in [0.05, 0.1) is 16.8 Å². The Morgan fingerprint density at radius 2 is 1.89 bits per heavy atom. The van der Waals surface area contributed by atoms with Gasteiger partial charge in [-0.1, -0.05) is 6.07 Å². The number of carbonyl (C=O) groups is 1. The maximum Gasteiger partial charge on any atom is 0.224 e. The van der Waals surface area contributed by atoms with Crippen molar-refractivity contribution in [2.45, 2.75) is 13.0 Å². The average Bonchev–Trinajstić information content (AvgIpc) is 2.77. The van der Waals surface area contributed by atoms with Gasteiger partial charge < -0.3 is 5.32 Å². The van der Waals surface area contributed by atoms with E-state index in [0.717, 1.165) is 20.8 Å². The summed E-state index contributed by atoms with van der Waals surface area (Å²) in [6.07, 6.45) is -0.301. The molecule has 1 amide bonds. The summed E-state index contributed by atoms with van der Waals surface area (Å²) in [6.45, 7) is 0.352. The molecule has 0 aliphatic heterocycles. The lowest BCUT2D eigenvalue weighted by molar-refractivity contribution is -0.120. The number of rotatable bonds is 4. The third-order valence-electron chi connectivity index (χ3n) is 2.49. The lowest BCUT2D eigenvalue weighted by Gasteiger charge is -2.06. The first-order valence-corrected chi connectivity index (χ1v) is 7.11. The van der Waals surface area contributed by atoms with Gasteiger partial charge in [-0.3, -0.25) is 4.79 Å². The standard InChI is InChI=1S/C13H10BrF2NOS/c14-12-5-4-8(19-12)7-17-13(18)6-9-10(15)2-1-3-11(9)16/h1-5H,6-7H2,(H,17,18). The van der Waals surface area contributed by atoms with E-state index in [4.69, 9.17) is 0 Å². The molecule has 0 atom stereocenters. The molecular weight excluding hydrogens is 336 g/mol. The zero-order valence-corrected chi connectivity index (χ0v) is 12.2. The van der Waals surface area contributed by atoms with Crippen molar-refractivity contribution in [3.05, 3.63) is 56.2 Å². The van der Waals surface area contributed by atoms with E-state index in [1.807, 2.05) is 12.1 Å². The van der Waals surface area contributed by atoms with E-state index in [2.05, 4.69) is 21.2 Å². The summed E-state index contributed by atoms with van der Waals surface area (Å²) in [6, 6.07) is 7.31. The molecule has 0 fully saturated rings. The van der Waals surface area contributed by atoms with Gasteiger partial charge >= 0.3 is 0 Å². The number of halogens is 3. The topological polar surface area (TPSA) is 29.1 Å². The smallest absolute Gasteiger partial charge is 0.224 e. The fourth-order valence-corrected chi connectivity index (χ4v) is 2.98. The molecule has 1 N–H and O–H groups in total. The molecule has 100 valence electrons. The molecule has 6 heteroatoms. The number of hydrogen-bond acceptors (Lipinski definition) is 2. The molecular formula is C13H10BrF2NOS. The highest BCUT2D eigenvalue weighted by molar-refractivity contribution is 9.11. The fourth-order valence-electron chi connectivity index (χ4n) is 1.56. The molecule has 2 nitrogen and oxygen atoms in total. The van der Waals surface area contributed by atoms with Crippen molar-refractivity contribution in [3.8, 4) is 0 Å². The van der Waals surface area contributed by atoms with Gasteiger partial charge in [0.15, 0.2) is 0 Å². The summed E-state index contributed by atoms with van der Waals surface area (Å²) in [5.41, 5.74) is -0.202. The zero-order chi connectivity index (χ0) is 13.8. The second kappa shape index (κ2) is 6.25. The number of thiophene rings is 1. The van der Waals surface area contributed by atoms with Gasteiger partial charge in [-0.25, -0.2) is 8.78 Å². The zero-order valence-electron chi connectivity index (χ0n) is 9.75. The van der Waals surface area contributed by atoms with Crippen LogP contribution in [0.5, 0.6) is 0 Å². The van der Waals surface area contributed by atoms with Crippen LogP contribution in [0.4, 0.5) is 8.78 Å². The summed E-state index contributed by atoms with van der Waals surface area (Å²) < 4.78 is 27.7. The highest BCUT2D eigenvalue weighted by Gasteiger charge is 2.12. The second-order valence-corrected chi connectivity index (χ2v) is 6.41. The highest BCUT2D eigenvalue weighted by Crippen LogP contribution is 2.21. The quantitative estimate of drug-likeness (QED) is 0.900. The maximum absolute atomic E-state index is 13.4.